The van der Waals surface area contributed by atoms with Gasteiger partial charge >= 0.3 is 0 Å². The summed E-state index contributed by atoms with van der Waals surface area (Å²) in [5, 5.41) is 3.19. The fourth-order valence-electron chi connectivity index (χ4n) is 4.14. The Morgan fingerprint density at radius 3 is 2.41 bits per heavy atom. The summed E-state index contributed by atoms with van der Waals surface area (Å²) in [6, 6.07) is 7.69. The molecule has 2 aliphatic rings. The number of aromatic nitrogens is 2. The van der Waals surface area contributed by atoms with Gasteiger partial charge in [0, 0.05) is 55.5 Å². The molecule has 29 heavy (non-hydrogen) atoms. The Kier molecular flexibility index (Phi) is 5.43. The summed E-state index contributed by atoms with van der Waals surface area (Å²) in [4.78, 5) is 31.5. The van der Waals surface area contributed by atoms with Crippen LogP contribution >= 0.6 is 0 Å². The molecule has 2 amide bonds. The van der Waals surface area contributed by atoms with E-state index in [1.807, 2.05) is 55.4 Å². The van der Waals surface area contributed by atoms with Crippen LogP contribution in [0.25, 0.3) is 0 Å². The molecule has 0 atom stereocenters. The van der Waals surface area contributed by atoms with Crippen molar-refractivity contribution in [1.29, 1.82) is 0 Å². The van der Waals surface area contributed by atoms with E-state index < -0.39 is 0 Å². The van der Waals surface area contributed by atoms with Gasteiger partial charge in [0.25, 0.3) is 5.91 Å². The zero-order chi connectivity index (χ0) is 20.4. The zero-order valence-electron chi connectivity index (χ0n) is 17.4. The summed E-state index contributed by atoms with van der Waals surface area (Å²) >= 11 is 0. The molecule has 0 spiro atoms. The maximum atomic E-state index is 12.7. The number of hydrogen-bond donors (Lipinski definition) is 1. The van der Waals surface area contributed by atoms with Crippen LogP contribution in [0.4, 0.5) is 0 Å². The van der Waals surface area contributed by atoms with E-state index in [0.717, 1.165) is 55.7 Å². The topological polar surface area (TPSA) is 67.2 Å². The molecule has 1 aliphatic heterocycles. The first-order valence-corrected chi connectivity index (χ1v) is 10.6. The number of carbonyl (C=O) groups is 2. The van der Waals surface area contributed by atoms with Crippen LogP contribution in [0.15, 0.2) is 36.7 Å². The second kappa shape index (κ2) is 8.01. The summed E-state index contributed by atoms with van der Waals surface area (Å²) < 4.78 is 2.17. The smallest absolute Gasteiger partial charge is 0.253 e. The molecule has 1 aromatic carbocycles. The molecule has 2 heterocycles. The van der Waals surface area contributed by atoms with Crippen molar-refractivity contribution in [3.8, 4) is 0 Å². The molecular formula is C23H30N4O2. The molecular weight excluding hydrogens is 364 g/mol. The third kappa shape index (κ3) is 4.52. The van der Waals surface area contributed by atoms with Gasteiger partial charge in [-0.25, -0.2) is 4.98 Å². The zero-order valence-corrected chi connectivity index (χ0v) is 17.4. The van der Waals surface area contributed by atoms with Gasteiger partial charge in [0.15, 0.2) is 0 Å². The normalized spacial score (nSPS) is 18.5. The number of aryl methyl sites for hydroxylation is 2. The third-order valence-corrected chi connectivity index (χ3v) is 6.48. The molecule has 1 aromatic heterocycles. The quantitative estimate of drug-likeness (QED) is 0.819. The maximum absolute atomic E-state index is 12.7. The highest BCUT2D eigenvalue weighted by atomic mass is 16.2. The molecule has 0 radical (unpaired) electrons. The van der Waals surface area contributed by atoms with Gasteiger partial charge in [-0.2, -0.15) is 0 Å². The Morgan fingerprint density at radius 1 is 1.14 bits per heavy atom. The highest BCUT2D eigenvalue weighted by Crippen LogP contribution is 2.46. The van der Waals surface area contributed by atoms with Crippen molar-refractivity contribution in [2.24, 2.45) is 11.3 Å². The van der Waals surface area contributed by atoms with Crippen LogP contribution < -0.4 is 5.32 Å². The lowest BCUT2D eigenvalue weighted by molar-refractivity contribution is -0.126. The van der Waals surface area contributed by atoms with Gasteiger partial charge in [-0.15, -0.1) is 0 Å². The fraction of sp³-hybridized carbons (Fsp3) is 0.522. The van der Waals surface area contributed by atoms with Crippen molar-refractivity contribution in [2.75, 3.05) is 19.6 Å². The number of piperidine rings is 1. The minimum atomic E-state index is 0.00264. The fourth-order valence-corrected chi connectivity index (χ4v) is 4.14. The summed E-state index contributed by atoms with van der Waals surface area (Å²) in [6.45, 7) is 6.96. The van der Waals surface area contributed by atoms with Crippen LogP contribution in [0.5, 0.6) is 0 Å². The van der Waals surface area contributed by atoms with Crippen LogP contribution in [0.1, 0.15) is 47.4 Å². The SMILES string of the molecule is Cc1ccc(C(=O)N2CCC(C(=O)NCC3(Cn4ccnc4C)CC3)CC2)cc1. The number of nitrogens with one attached hydrogen (secondary N) is 1. The average molecular weight is 395 g/mol. The van der Waals surface area contributed by atoms with E-state index in [1.54, 1.807) is 0 Å². The van der Waals surface area contributed by atoms with Crippen molar-refractivity contribution in [2.45, 2.75) is 46.1 Å². The molecule has 6 heteroatoms. The van der Waals surface area contributed by atoms with Gasteiger partial charge < -0.3 is 14.8 Å². The molecule has 2 fully saturated rings. The number of rotatable bonds is 6. The van der Waals surface area contributed by atoms with Crippen molar-refractivity contribution in [3.05, 3.63) is 53.6 Å². The van der Waals surface area contributed by atoms with Gasteiger partial charge in [-0.1, -0.05) is 17.7 Å². The van der Waals surface area contributed by atoms with Crippen LogP contribution in [0, 0.1) is 25.2 Å². The first-order chi connectivity index (χ1) is 14.0. The first-order valence-electron chi connectivity index (χ1n) is 10.6. The lowest BCUT2D eigenvalue weighted by Gasteiger charge is -2.31. The van der Waals surface area contributed by atoms with E-state index in [1.165, 1.54) is 0 Å². The third-order valence-electron chi connectivity index (χ3n) is 6.48. The monoisotopic (exact) mass is 394 g/mol. The van der Waals surface area contributed by atoms with Crippen molar-refractivity contribution in [3.63, 3.8) is 0 Å². The van der Waals surface area contributed by atoms with E-state index in [4.69, 9.17) is 0 Å². The van der Waals surface area contributed by atoms with Crippen LogP contribution in [0.2, 0.25) is 0 Å². The van der Waals surface area contributed by atoms with E-state index in [-0.39, 0.29) is 23.1 Å². The molecule has 4 rings (SSSR count). The largest absolute Gasteiger partial charge is 0.355 e. The predicted molar refractivity (Wildman–Crippen MR) is 111 cm³/mol. The van der Waals surface area contributed by atoms with Crippen molar-refractivity contribution in [1.82, 2.24) is 19.8 Å². The Morgan fingerprint density at radius 2 is 1.83 bits per heavy atom. The number of amides is 2. The minimum absolute atomic E-state index is 0.00264. The first kappa shape index (κ1) is 19.7. The summed E-state index contributed by atoms with van der Waals surface area (Å²) in [5.74, 6) is 1.23. The minimum Gasteiger partial charge on any atom is -0.355 e. The molecule has 0 unspecified atom stereocenters. The highest BCUT2D eigenvalue weighted by molar-refractivity contribution is 5.94. The molecule has 1 N–H and O–H groups in total. The molecule has 6 nitrogen and oxygen atoms in total. The van der Waals surface area contributed by atoms with Gasteiger partial charge in [0.1, 0.15) is 5.82 Å². The second-order valence-corrected chi connectivity index (χ2v) is 8.75. The van der Waals surface area contributed by atoms with Crippen molar-refractivity contribution >= 4 is 11.8 Å². The Hall–Kier alpha value is -2.63. The van der Waals surface area contributed by atoms with Crippen LogP contribution in [-0.4, -0.2) is 45.9 Å². The summed E-state index contributed by atoms with van der Waals surface area (Å²) in [5.41, 5.74) is 2.06. The number of nitrogens with zero attached hydrogens (tertiary/aromatic N) is 3. The number of likely N-dealkylation sites (tertiary alicyclic amines) is 1. The van der Waals surface area contributed by atoms with E-state index in [9.17, 15) is 9.59 Å². The molecule has 154 valence electrons. The maximum Gasteiger partial charge on any atom is 0.253 e. The van der Waals surface area contributed by atoms with Crippen LogP contribution in [0.3, 0.4) is 0 Å². The van der Waals surface area contributed by atoms with E-state index in [2.05, 4.69) is 14.9 Å². The number of carbonyl (C=O) groups excluding carboxylic acids is 2. The summed E-state index contributed by atoms with van der Waals surface area (Å²) in [6.07, 6.45) is 7.60. The number of benzene rings is 1. The lowest BCUT2D eigenvalue weighted by atomic mass is 9.95. The summed E-state index contributed by atoms with van der Waals surface area (Å²) in [7, 11) is 0. The Balaban J connectivity index is 1.24. The second-order valence-electron chi connectivity index (χ2n) is 8.75. The number of imidazole rings is 1. The van der Waals surface area contributed by atoms with E-state index >= 15 is 0 Å². The molecule has 1 aliphatic carbocycles. The molecule has 0 bridgehead atoms. The van der Waals surface area contributed by atoms with Gasteiger partial charge in [-0.3, -0.25) is 9.59 Å². The van der Waals surface area contributed by atoms with Gasteiger partial charge in [-0.05, 0) is 51.7 Å². The Bertz CT molecular complexity index is 875. The molecule has 1 saturated carbocycles. The average Bonchev–Trinajstić information content (AvgIpc) is 3.40. The van der Waals surface area contributed by atoms with Crippen molar-refractivity contribution < 1.29 is 9.59 Å². The van der Waals surface area contributed by atoms with Gasteiger partial charge in [0.2, 0.25) is 5.91 Å². The molecule has 1 saturated heterocycles. The van der Waals surface area contributed by atoms with Gasteiger partial charge in [0.05, 0.1) is 0 Å². The number of hydrogen-bond acceptors (Lipinski definition) is 3. The standard InChI is InChI=1S/C23H30N4O2/c1-17-3-5-20(6-4-17)22(29)26-12-7-19(8-13-26)21(28)25-15-23(9-10-23)16-27-14-11-24-18(27)2/h3-6,11,14,19H,7-10,12-13,15-16H2,1-2H3,(H,25,28). The Labute approximate surface area is 172 Å². The van der Waals surface area contributed by atoms with Crippen LogP contribution in [-0.2, 0) is 11.3 Å². The molecule has 2 aromatic rings. The van der Waals surface area contributed by atoms with E-state index in [0.29, 0.717) is 13.1 Å². The highest BCUT2D eigenvalue weighted by Gasteiger charge is 2.43. The predicted octanol–water partition coefficient (Wildman–Crippen LogP) is 2.95. The lowest BCUT2D eigenvalue weighted by Crippen LogP contribution is -2.44.